The van der Waals surface area contributed by atoms with Crippen LogP contribution in [-0.2, 0) is 6.42 Å². The van der Waals surface area contributed by atoms with E-state index >= 15 is 0 Å². The van der Waals surface area contributed by atoms with Gasteiger partial charge in [-0.1, -0.05) is 12.1 Å². The topological polar surface area (TPSA) is 46.2 Å². The van der Waals surface area contributed by atoms with Crippen LogP contribution in [0.15, 0.2) is 23.1 Å². The number of hydrogen-bond donors (Lipinski definition) is 2. The summed E-state index contributed by atoms with van der Waals surface area (Å²) in [6.07, 6.45) is 0.574. The molecule has 0 fully saturated rings. The van der Waals surface area contributed by atoms with Crippen LogP contribution in [0.25, 0.3) is 0 Å². The zero-order chi connectivity index (χ0) is 10.1. The number of nitrogens with two attached hydrogens (primary N) is 1. The number of aliphatic hydroxyl groups is 1. The highest BCUT2D eigenvalue weighted by molar-refractivity contribution is 7.99. The van der Waals surface area contributed by atoms with Crippen LogP contribution in [0.4, 0.5) is 0 Å². The van der Waals surface area contributed by atoms with Gasteiger partial charge in [-0.25, -0.2) is 0 Å². The first-order valence-corrected chi connectivity index (χ1v) is 5.86. The van der Waals surface area contributed by atoms with Crippen molar-refractivity contribution in [2.75, 3.05) is 5.75 Å². The predicted octanol–water partition coefficient (Wildman–Crippen LogP) is 1.72. The molecule has 2 atom stereocenters. The lowest BCUT2D eigenvalue weighted by atomic mass is 10.0. The summed E-state index contributed by atoms with van der Waals surface area (Å²) in [7, 11) is 0. The van der Waals surface area contributed by atoms with Crippen molar-refractivity contribution < 1.29 is 5.11 Å². The van der Waals surface area contributed by atoms with E-state index in [1.54, 1.807) is 0 Å². The molecule has 1 aliphatic rings. The molecule has 0 aromatic heterocycles. The van der Waals surface area contributed by atoms with Crippen LogP contribution in [0.2, 0.25) is 0 Å². The molecule has 0 spiro atoms. The van der Waals surface area contributed by atoms with E-state index in [-0.39, 0.29) is 6.04 Å². The van der Waals surface area contributed by atoms with Crippen LogP contribution >= 0.6 is 11.8 Å². The minimum atomic E-state index is -0.536. The fourth-order valence-corrected chi connectivity index (χ4v) is 2.75. The van der Waals surface area contributed by atoms with E-state index in [9.17, 15) is 5.11 Å². The Balaban J connectivity index is 2.28. The number of aryl methyl sites for hydroxylation is 1. The van der Waals surface area contributed by atoms with Crippen LogP contribution in [-0.4, -0.2) is 16.9 Å². The SMILES string of the molecule is CC(N)C(O)c1ccc2c(c1)CCS2. The molecule has 1 aliphatic heterocycles. The Bertz CT molecular complexity index is 338. The maximum atomic E-state index is 9.80. The molecule has 1 heterocycles. The zero-order valence-corrected chi connectivity index (χ0v) is 9.05. The van der Waals surface area contributed by atoms with Gasteiger partial charge in [-0.2, -0.15) is 0 Å². The van der Waals surface area contributed by atoms with Crippen molar-refractivity contribution in [1.82, 2.24) is 0 Å². The Hall–Kier alpha value is -0.510. The summed E-state index contributed by atoms with van der Waals surface area (Å²) in [5.74, 6) is 1.16. The molecular weight excluding hydrogens is 194 g/mol. The van der Waals surface area contributed by atoms with Crippen molar-refractivity contribution in [1.29, 1.82) is 0 Å². The summed E-state index contributed by atoms with van der Waals surface area (Å²) in [5.41, 5.74) is 7.96. The fourth-order valence-electron chi connectivity index (χ4n) is 1.69. The van der Waals surface area contributed by atoms with Gasteiger partial charge in [0.05, 0.1) is 6.10 Å². The van der Waals surface area contributed by atoms with Gasteiger partial charge in [-0.3, -0.25) is 0 Å². The lowest BCUT2D eigenvalue weighted by Crippen LogP contribution is -2.24. The van der Waals surface area contributed by atoms with Gasteiger partial charge in [0.1, 0.15) is 0 Å². The largest absolute Gasteiger partial charge is 0.387 e. The average molecular weight is 209 g/mol. The Kier molecular flexibility index (Phi) is 2.81. The smallest absolute Gasteiger partial charge is 0.0938 e. The quantitative estimate of drug-likeness (QED) is 0.779. The first-order valence-electron chi connectivity index (χ1n) is 4.88. The van der Waals surface area contributed by atoms with E-state index in [1.807, 2.05) is 24.8 Å². The molecular formula is C11H15NOS. The molecule has 2 unspecified atom stereocenters. The summed E-state index contributed by atoms with van der Waals surface area (Å²) in [5, 5.41) is 9.80. The number of rotatable bonds is 2. The second-order valence-corrected chi connectivity index (χ2v) is 4.91. The summed E-state index contributed by atoms with van der Waals surface area (Å²) >= 11 is 1.88. The Morgan fingerprint density at radius 2 is 2.29 bits per heavy atom. The van der Waals surface area contributed by atoms with E-state index in [0.29, 0.717) is 0 Å². The third kappa shape index (κ3) is 1.80. The van der Waals surface area contributed by atoms with E-state index in [1.165, 1.54) is 10.5 Å². The Morgan fingerprint density at radius 3 is 3.00 bits per heavy atom. The first kappa shape index (κ1) is 10.0. The second kappa shape index (κ2) is 3.93. The molecule has 0 saturated carbocycles. The lowest BCUT2D eigenvalue weighted by molar-refractivity contribution is 0.153. The van der Waals surface area contributed by atoms with Crippen molar-refractivity contribution in [2.24, 2.45) is 5.73 Å². The van der Waals surface area contributed by atoms with Gasteiger partial charge in [-0.05, 0) is 30.5 Å². The van der Waals surface area contributed by atoms with Crippen LogP contribution in [0, 0.1) is 0 Å². The van der Waals surface area contributed by atoms with Crippen molar-refractivity contribution >= 4 is 11.8 Å². The highest BCUT2D eigenvalue weighted by Gasteiger charge is 2.16. The molecule has 0 bridgehead atoms. The molecule has 0 saturated heterocycles. The van der Waals surface area contributed by atoms with Crippen molar-refractivity contribution in [2.45, 2.75) is 30.4 Å². The molecule has 14 heavy (non-hydrogen) atoms. The molecule has 1 aromatic carbocycles. The predicted molar refractivity (Wildman–Crippen MR) is 59.5 cm³/mol. The molecule has 76 valence electrons. The monoisotopic (exact) mass is 209 g/mol. The van der Waals surface area contributed by atoms with Crippen LogP contribution in [0.1, 0.15) is 24.2 Å². The number of fused-ring (bicyclic) bond motifs is 1. The third-order valence-corrected chi connectivity index (χ3v) is 3.67. The highest BCUT2D eigenvalue weighted by Crippen LogP contribution is 2.33. The Morgan fingerprint density at radius 1 is 1.50 bits per heavy atom. The van der Waals surface area contributed by atoms with E-state index in [4.69, 9.17) is 5.73 Å². The minimum Gasteiger partial charge on any atom is -0.387 e. The highest BCUT2D eigenvalue weighted by atomic mass is 32.2. The maximum absolute atomic E-state index is 9.80. The number of aliphatic hydroxyl groups excluding tert-OH is 1. The zero-order valence-electron chi connectivity index (χ0n) is 8.23. The Labute approximate surface area is 88.5 Å². The van der Waals surface area contributed by atoms with Gasteiger partial charge in [0.15, 0.2) is 0 Å². The molecule has 0 radical (unpaired) electrons. The molecule has 1 aromatic rings. The number of benzene rings is 1. The summed E-state index contributed by atoms with van der Waals surface area (Å²) < 4.78 is 0. The number of thioether (sulfide) groups is 1. The van der Waals surface area contributed by atoms with Gasteiger partial charge in [-0.15, -0.1) is 11.8 Å². The molecule has 0 aliphatic carbocycles. The normalized spacial score (nSPS) is 19.1. The van der Waals surface area contributed by atoms with E-state index in [2.05, 4.69) is 12.1 Å². The second-order valence-electron chi connectivity index (χ2n) is 3.77. The third-order valence-electron chi connectivity index (χ3n) is 2.55. The summed E-state index contributed by atoms with van der Waals surface area (Å²) in [6.45, 7) is 1.83. The van der Waals surface area contributed by atoms with E-state index < -0.39 is 6.10 Å². The molecule has 2 nitrogen and oxygen atoms in total. The first-order chi connectivity index (χ1) is 6.68. The molecule has 3 heteroatoms. The minimum absolute atomic E-state index is 0.206. The standard InChI is InChI=1S/C11H15NOS/c1-7(12)11(13)9-2-3-10-8(6-9)4-5-14-10/h2-3,6-7,11,13H,4-5,12H2,1H3. The van der Waals surface area contributed by atoms with Gasteiger partial charge < -0.3 is 10.8 Å². The summed E-state index contributed by atoms with van der Waals surface area (Å²) in [4.78, 5) is 1.35. The maximum Gasteiger partial charge on any atom is 0.0938 e. The van der Waals surface area contributed by atoms with Gasteiger partial charge >= 0.3 is 0 Å². The number of hydrogen-bond acceptors (Lipinski definition) is 3. The van der Waals surface area contributed by atoms with Crippen molar-refractivity contribution in [3.8, 4) is 0 Å². The summed E-state index contributed by atoms with van der Waals surface area (Å²) in [6, 6.07) is 5.95. The van der Waals surface area contributed by atoms with Gasteiger partial charge in [0.2, 0.25) is 0 Å². The van der Waals surface area contributed by atoms with Crippen molar-refractivity contribution in [3.63, 3.8) is 0 Å². The van der Waals surface area contributed by atoms with Crippen LogP contribution < -0.4 is 5.73 Å². The van der Waals surface area contributed by atoms with Gasteiger partial charge in [0, 0.05) is 16.7 Å². The van der Waals surface area contributed by atoms with Crippen LogP contribution in [0.5, 0.6) is 0 Å². The molecule has 0 amide bonds. The lowest BCUT2D eigenvalue weighted by Gasteiger charge is -2.15. The van der Waals surface area contributed by atoms with Gasteiger partial charge in [0.25, 0.3) is 0 Å². The fraction of sp³-hybridized carbons (Fsp3) is 0.455. The molecule has 3 N–H and O–H groups in total. The average Bonchev–Trinajstić information content (AvgIpc) is 2.62. The van der Waals surface area contributed by atoms with Crippen molar-refractivity contribution in [3.05, 3.63) is 29.3 Å². The van der Waals surface area contributed by atoms with E-state index in [0.717, 1.165) is 17.7 Å². The molecule has 2 rings (SSSR count). The van der Waals surface area contributed by atoms with Crippen LogP contribution in [0.3, 0.4) is 0 Å².